The van der Waals surface area contributed by atoms with E-state index in [0.29, 0.717) is 25.0 Å². The van der Waals surface area contributed by atoms with Gasteiger partial charge >= 0.3 is 5.97 Å². The molecule has 0 fully saturated rings. The number of rotatable bonds is 16. The minimum atomic E-state index is -0.939. The lowest BCUT2D eigenvalue weighted by Gasteiger charge is -2.25. The highest BCUT2D eigenvalue weighted by molar-refractivity contribution is 7.98. The first-order valence-electron chi connectivity index (χ1n) is 12.4. The SMILES string of the molecule is CSCCC(NC=O)C(=O)NC(CC(C)C)C(=O)NC(Cc1ccccc1)C(=O)OCc1ccccc1. The Hall–Kier alpha value is -3.33. The van der Waals surface area contributed by atoms with Gasteiger partial charge in [0, 0.05) is 6.42 Å². The number of hydrogen-bond donors (Lipinski definition) is 3. The van der Waals surface area contributed by atoms with Crippen LogP contribution in [0.15, 0.2) is 60.7 Å². The van der Waals surface area contributed by atoms with E-state index in [2.05, 4.69) is 16.0 Å². The van der Waals surface area contributed by atoms with Gasteiger partial charge in [-0.15, -0.1) is 0 Å². The number of ether oxygens (including phenoxy) is 1. The second kappa shape index (κ2) is 16.4. The van der Waals surface area contributed by atoms with Crippen molar-refractivity contribution in [3.8, 4) is 0 Å². The Morgan fingerprint density at radius 3 is 2.00 bits per heavy atom. The van der Waals surface area contributed by atoms with E-state index >= 15 is 0 Å². The maximum Gasteiger partial charge on any atom is 0.329 e. The summed E-state index contributed by atoms with van der Waals surface area (Å²) in [5.74, 6) is -0.706. The van der Waals surface area contributed by atoms with Crippen LogP contribution >= 0.6 is 11.8 Å². The molecule has 0 bridgehead atoms. The molecule has 2 aromatic rings. The smallest absolute Gasteiger partial charge is 0.329 e. The van der Waals surface area contributed by atoms with Crippen molar-refractivity contribution in [2.24, 2.45) is 5.92 Å². The highest BCUT2D eigenvalue weighted by Gasteiger charge is 2.30. The fourth-order valence-corrected chi connectivity index (χ4v) is 4.20. The third-order valence-corrected chi connectivity index (χ3v) is 6.29. The lowest BCUT2D eigenvalue weighted by molar-refractivity contribution is -0.149. The minimum Gasteiger partial charge on any atom is -0.459 e. The minimum absolute atomic E-state index is 0.0848. The van der Waals surface area contributed by atoms with E-state index < -0.39 is 35.9 Å². The van der Waals surface area contributed by atoms with Gasteiger partial charge in [0.25, 0.3) is 0 Å². The molecule has 2 aromatic carbocycles. The van der Waals surface area contributed by atoms with Crippen molar-refractivity contribution in [1.82, 2.24) is 16.0 Å². The van der Waals surface area contributed by atoms with Gasteiger partial charge in [-0.3, -0.25) is 14.4 Å². The van der Waals surface area contributed by atoms with E-state index in [9.17, 15) is 19.2 Å². The van der Waals surface area contributed by atoms with E-state index in [1.807, 2.05) is 80.8 Å². The summed E-state index contributed by atoms with van der Waals surface area (Å²) in [5.41, 5.74) is 1.70. The van der Waals surface area contributed by atoms with Gasteiger partial charge in [0.2, 0.25) is 18.2 Å². The van der Waals surface area contributed by atoms with Gasteiger partial charge in [-0.05, 0) is 41.9 Å². The van der Waals surface area contributed by atoms with E-state index in [4.69, 9.17) is 4.74 Å². The van der Waals surface area contributed by atoms with Crippen molar-refractivity contribution in [3.63, 3.8) is 0 Å². The first kappa shape index (κ1) is 29.9. The highest BCUT2D eigenvalue weighted by Crippen LogP contribution is 2.11. The molecule has 3 atom stereocenters. The van der Waals surface area contributed by atoms with Gasteiger partial charge in [0.05, 0.1) is 0 Å². The van der Waals surface area contributed by atoms with Crippen molar-refractivity contribution in [2.45, 2.75) is 57.8 Å². The van der Waals surface area contributed by atoms with Gasteiger partial charge in [-0.1, -0.05) is 74.5 Å². The number of thioether (sulfide) groups is 1. The molecule has 0 saturated heterocycles. The molecule has 0 spiro atoms. The number of esters is 1. The molecule has 0 aliphatic rings. The molecule has 0 saturated carbocycles. The van der Waals surface area contributed by atoms with Gasteiger partial charge in [0.1, 0.15) is 24.7 Å². The summed E-state index contributed by atoms with van der Waals surface area (Å²) in [6.45, 7) is 3.97. The lowest BCUT2D eigenvalue weighted by Crippen LogP contribution is -2.56. The van der Waals surface area contributed by atoms with Crippen LogP contribution in [0.3, 0.4) is 0 Å². The quantitative estimate of drug-likeness (QED) is 0.229. The third kappa shape index (κ3) is 11.1. The summed E-state index contributed by atoms with van der Waals surface area (Å²) in [5, 5.41) is 8.11. The molecule has 9 heteroatoms. The Morgan fingerprint density at radius 1 is 0.865 bits per heavy atom. The van der Waals surface area contributed by atoms with Crippen LogP contribution in [0.1, 0.15) is 37.8 Å². The molecule has 0 heterocycles. The lowest BCUT2D eigenvalue weighted by atomic mass is 10.0. The van der Waals surface area contributed by atoms with E-state index in [-0.39, 0.29) is 18.9 Å². The molecule has 0 radical (unpaired) electrons. The predicted molar refractivity (Wildman–Crippen MR) is 146 cm³/mol. The van der Waals surface area contributed by atoms with Crippen LogP contribution < -0.4 is 16.0 Å². The summed E-state index contributed by atoms with van der Waals surface area (Å²) in [7, 11) is 0. The summed E-state index contributed by atoms with van der Waals surface area (Å²) in [6.07, 6.45) is 3.44. The molecule has 0 aromatic heterocycles. The zero-order valence-electron chi connectivity index (χ0n) is 21.6. The largest absolute Gasteiger partial charge is 0.459 e. The summed E-state index contributed by atoms with van der Waals surface area (Å²) in [4.78, 5) is 50.3. The molecule has 3 unspecified atom stereocenters. The van der Waals surface area contributed by atoms with E-state index in [1.165, 1.54) is 0 Å². The molecular weight excluding hydrogens is 490 g/mol. The Balaban J connectivity index is 2.16. The maximum absolute atomic E-state index is 13.4. The fraction of sp³-hybridized carbons (Fsp3) is 0.429. The van der Waals surface area contributed by atoms with Crippen LogP contribution in [-0.2, 0) is 36.9 Å². The first-order chi connectivity index (χ1) is 17.8. The molecule has 3 N–H and O–H groups in total. The second-order valence-electron chi connectivity index (χ2n) is 9.15. The average Bonchev–Trinajstić information content (AvgIpc) is 2.89. The molecule has 200 valence electrons. The Kier molecular flexibility index (Phi) is 13.3. The molecule has 0 aliphatic carbocycles. The van der Waals surface area contributed by atoms with Crippen molar-refractivity contribution in [1.29, 1.82) is 0 Å². The summed E-state index contributed by atoms with van der Waals surface area (Å²) < 4.78 is 5.53. The summed E-state index contributed by atoms with van der Waals surface area (Å²) >= 11 is 1.56. The number of nitrogens with one attached hydrogen (secondary N) is 3. The standard InChI is InChI=1S/C28H37N3O5S/c1-20(2)16-24(30-26(33)23(29-19-32)14-15-37-3)27(34)31-25(17-21-10-6-4-7-11-21)28(35)36-18-22-12-8-5-9-13-22/h4-13,19-20,23-25H,14-18H2,1-3H3,(H,29,32)(H,30,33)(H,31,34). The van der Waals surface area contributed by atoms with Crippen LogP contribution in [0, 0.1) is 5.92 Å². The van der Waals surface area contributed by atoms with Crippen LogP contribution in [0.25, 0.3) is 0 Å². The number of carbonyl (C=O) groups excluding carboxylic acids is 4. The third-order valence-electron chi connectivity index (χ3n) is 5.64. The van der Waals surface area contributed by atoms with Crippen LogP contribution in [0.5, 0.6) is 0 Å². The van der Waals surface area contributed by atoms with Gasteiger partial charge in [-0.2, -0.15) is 11.8 Å². The molecule has 0 aliphatic heterocycles. The maximum atomic E-state index is 13.4. The number of benzene rings is 2. The number of hydrogen-bond acceptors (Lipinski definition) is 6. The second-order valence-corrected chi connectivity index (χ2v) is 10.1. The molecule has 37 heavy (non-hydrogen) atoms. The normalized spacial score (nSPS) is 13.2. The fourth-order valence-electron chi connectivity index (χ4n) is 3.73. The van der Waals surface area contributed by atoms with Gasteiger partial charge in [-0.25, -0.2) is 4.79 Å². The van der Waals surface area contributed by atoms with Crippen LogP contribution in [0.2, 0.25) is 0 Å². The van der Waals surface area contributed by atoms with Crippen molar-refractivity contribution in [3.05, 3.63) is 71.8 Å². The number of carbonyl (C=O) groups is 4. The van der Waals surface area contributed by atoms with Crippen molar-refractivity contribution >= 4 is 36.0 Å². The Morgan fingerprint density at radius 2 is 1.43 bits per heavy atom. The zero-order chi connectivity index (χ0) is 27.0. The molecule has 2 rings (SSSR count). The Labute approximate surface area is 223 Å². The molecular formula is C28H37N3O5S. The topological polar surface area (TPSA) is 114 Å². The average molecular weight is 528 g/mol. The molecule has 3 amide bonds. The zero-order valence-corrected chi connectivity index (χ0v) is 22.5. The highest BCUT2D eigenvalue weighted by atomic mass is 32.2. The van der Waals surface area contributed by atoms with Gasteiger partial charge < -0.3 is 20.7 Å². The Bertz CT molecular complexity index is 988. The van der Waals surface area contributed by atoms with Gasteiger partial charge in [0.15, 0.2) is 0 Å². The van der Waals surface area contributed by atoms with Crippen LogP contribution in [0.4, 0.5) is 0 Å². The van der Waals surface area contributed by atoms with Crippen LogP contribution in [-0.4, -0.2) is 54.3 Å². The van der Waals surface area contributed by atoms with E-state index in [1.54, 1.807) is 11.8 Å². The predicted octanol–water partition coefficient (Wildman–Crippen LogP) is 2.86. The first-order valence-corrected chi connectivity index (χ1v) is 13.8. The van der Waals surface area contributed by atoms with E-state index in [0.717, 1.165) is 11.1 Å². The van der Waals surface area contributed by atoms with Crippen molar-refractivity contribution < 1.29 is 23.9 Å². The monoisotopic (exact) mass is 527 g/mol. The molecule has 8 nitrogen and oxygen atoms in total. The van der Waals surface area contributed by atoms with Crippen molar-refractivity contribution in [2.75, 3.05) is 12.0 Å². The summed E-state index contributed by atoms with van der Waals surface area (Å²) in [6, 6.07) is 16.1. The number of amides is 3.